The van der Waals surface area contributed by atoms with Gasteiger partial charge in [0, 0.05) is 24.8 Å². The van der Waals surface area contributed by atoms with Gasteiger partial charge in [-0.15, -0.1) is 0 Å². The third kappa shape index (κ3) is 5.62. The predicted octanol–water partition coefficient (Wildman–Crippen LogP) is 4.49. The number of aliphatic carboxylic acids is 1. The zero-order chi connectivity index (χ0) is 24.3. The summed E-state index contributed by atoms with van der Waals surface area (Å²) in [6, 6.07) is 15.4. The molecule has 0 radical (unpaired) electrons. The molecule has 1 aromatic heterocycles. The number of carboxylic acid groups (broad SMARTS) is 1. The number of amides is 1. The molecule has 1 amide bonds. The molecular formula is C26H30N4O4. The van der Waals surface area contributed by atoms with Crippen molar-refractivity contribution in [3.05, 3.63) is 54.7 Å². The number of aromatic nitrogens is 2. The lowest BCUT2D eigenvalue weighted by Gasteiger charge is -2.35. The van der Waals surface area contributed by atoms with E-state index in [1.165, 1.54) is 5.39 Å². The van der Waals surface area contributed by atoms with Crippen LogP contribution >= 0.6 is 0 Å². The van der Waals surface area contributed by atoms with Gasteiger partial charge in [0.1, 0.15) is 11.6 Å². The summed E-state index contributed by atoms with van der Waals surface area (Å²) in [5, 5.41) is 14.5. The molecule has 2 heterocycles. The number of rotatable bonds is 5. The average molecular weight is 463 g/mol. The number of ether oxygens (including phenoxy) is 1. The summed E-state index contributed by atoms with van der Waals surface area (Å²) in [5.41, 5.74) is 1.17. The molecule has 8 heteroatoms. The molecule has 8 nitrogen and oxygen atoms in total. The number of hydrogen-bond donors (Lipinski definition) is 2. The number of alkyl carbamates (subject to hydrolysis) is 1. The number of fused-ring (bicyclic) bond motifs is 1. The van der Waals surface area contributed by atoms with Gasteiger partial charge in [0.25, 0.3) is 0 Å². The maximum Gasteiger partial charge on any atom is 0.408 e. The standard InChI is InChI=1S/C26H30N4O4/c1-26(2,3)34-25(33)29-22(23(31)32)18-11-14-30(15-12-18)24-27-13-10-21(28-24)20-9-8-17-6-4-5-7-19(17)16-20/h4-10,13,16,18,22H,11-12,14-15H2,1-3H3,(H,29,33)(H,31,32)/t22-/m0/s1. The first kappa shape index (κ1) is 23.5. The molecule has 1 aliphatic heterocycles. The van der Waals surface area contributed by atoms with E-state index in [-0.39, 0.29) is 5.92 Å². The van der Waals surface area contributed by atoms with Crippen LogP contribution in [-0.2, 0) is 9.53 Å². The maximum absolute atomic E-state index is 12.1. The Hall–Kier alpha value is -3.68. The highest BCUT2D eigenvalue weighted by Crippen LogP contribution is 2.27. The van der Waals surface area contributed by atoms with Gasteiger partial charge in [0.15, 0.2) is 0 Å². The number of hydrogen-bond acceptors (Lipinski definition) is 6. The van der Waals surface area contributed by atoms with Crippen molar-refractivity contribution in [1.82, 2.24) is 15.3 Å². The monoisotopic (exact) mass is 462 g/mol. The highest BCUT2D eigenvalue weighted by Gasteiger charge is 2.34. The Kier molecular flexibility index (Phi) is 6.68. The molecule has 2 N–H and O–H groups in total. The quantitative estimate of drug-likeness (QED) is 0.575. The highest BCUT2D eigenvalue weighted by atomic mass is 16.6. The van der Waals surface area contributed by atoms with Gasteiger partial charge >= 0.3 is 12.1 Å². The Labute approximate surface area is 199 Å². The number of anilines is 1. The molecule has 1 saturated heterocycles. The van der Waals surface area contributed by atoms with Gasteiger partial charge in [-0.05, 0) is 62.4 Å². The number of carbonyl (C=O) groups is 2. The molecule has 0 spiro atoms. The third-order valence-corrected chi connectivity index (χ3v) is 5.92. The Bertz CT molecular complexity index is 1180. The molecule has 3 aromatic rings. The van der Waals surface area contributed by atoms with Crippen LogP contribution in [0.1, 0.15) is 33.6 Å². The van der Waals surface area contributed by atoms with Gasteiger partial charge in [0.2, 0.25) is 5.95 Å². The minimum absolute atomic E-state index is 0.204. The second-order valence-corrected chi connectivity index (χ2v) is 9.59. The summed E-state index contributed by atoms with van der Waals surface area (Å²) in [6.45, 7) is 6.43. The lowest BCUT2D eigenvalue weighted by atomic mass is 9.89. The fraction of sp³-hybridized carbons (Fsp3) is 0.385. The molecular weight excluding hydrogens is 432 g/mol. The van der Waals surface area contributed by atoms with E-state index in [0.717, 1.165) is 16.6 Å². The van der Waals surface area contributed by atoms with Crippen molar-refractivity contribution in [3.8, 4) is 11.3 Å². The van der Waals surface area contributed by atoms with E-state index < -0.39 is 23.7 Å². The number of carboxylic acids is 1. The first-order valence-corrected chi connectivity index (χ1v) is 11.5. The van der Waals surface area contributed by atoms with Crippen molar-refractivity contribution < 1.29 is 19.4 Å². The van der Waals surface area contributed by atoms with Crippen LogP contribution in [0, 0.1) is 5.92 Å². The molecule has 2 aromatic carbocycles. The van der Waals surface area contributed by atoms with Gasteiger partial charge in [-0.25, -0.2) is 19.6 Å². The van der Waals surface area contributed by atoms with Gasteiger partial charge in [-0.2, -0.15) is 0 Å². The third-order valence-electron chi connectivity index (χ3n) is 5.92. The minimum Gasteiger partial charge on any atom is -0.480 e. The van der Waals surface area contributed by atoms with Crippen LogP contribution in [0.25, 0.3) is 22.0 Å². The predicted molar refractivity (Wildman–Crippen MR) is 131 cm³/mol. The normalized spacial score (nSPS) is 15.7. The Morgan fingerprint density at radius 1 is 1.09 bits per heavy atom. The second-order valence-electron chi connectivity index (χ2n) is 9.59. The Morgan fingerprint density at radius 2 is 1.79 bits per heavy atom. The molecule has 0 saturated carbocycles. The van der Waals surface area contributed by atoms with E-state index in [2.05, 4.69) is 45.5 Å². The second kappa shape index (κ2) is 9.67. The highest BCUT2D eigenvalue weighted by molar-refractivity contribution is 5.86. The van der Waals surface area contributed by atoms with E-state index >= 15 is 0 Å². The first-order valence-electron chi connectivity index (χ1n) is 11.5. The summed E-state index contributed by atoms with van der Waals surface area (Å²) in [7, 11) is 0. The van der Waals surface area contributed by atoms with Gasteiger partial charge in [-0.1, -0.05) is 36.4 Å². The zero-order valence-corrected chi connectivity index (χ0v) is 19.7. The van der Waals surface area contributed by atoms with Crippen LogP contribution < -0.4 is 10.2 Å². The van der Waals surface area contributed by atoms with Crippen LogP contribution in [0.15, 0.2) is 54.7 Å². The van der Waals surface area contributed by atoms with Gasteiger partial charge in [0.05, 0.1) is 5.69 Å². The van der Waals surface area contributed by atoms with E-state index in [1.807, 2.05) is 18.2 Å². The molecule has 1 aliphatic rings. The number of piperidine rings is 1. The topological polar surface area (TPSA) is 105 Å². The number of nitrogens with one attached hydrogen (secondary N) is 1. The average Bonchev–Trinajstić information content (AvgIpc) is 2.81. The maximum atomic E-state index is 12.1. The smallest absolute Gasteiger partial charge is 0.408 e. The summed E-state index contributed by atoms with van der Waals surface area (Å²) in [5.74, 6) is -0.639. The van der Waals surface area contributed by atoms with Crippen molar-refractivity contribution in [2.24, 2.45) is 5.92 Å². The van der Waals surface area contributed by atoms with E-state index in [4.69, 9.17) is 9.72 Å². The first-order chi connectivity index (χ1) is 16.2. The van der Waals surface area contributed by atoms with Crippen molar-refractivity contribution in [3.63, 3.8) is 0 Å². The molecule has 0 bridgehead atoms. The Balaban J connectivity index is 1.43. The van der Waals surface area contributed by atoms with Crippen molar-refractivity contribution in [2.45, 2.75) is 45.3 Å². The number of carbonyl (C=O) groups excluding carboxylic acids is 1. The molecule has 4 rings (SSSR count). The lowest BCUT2D eigenvalue weighted by Crippen LogP contribution is -2.50. The minimum atomic E-state index is -1.06. The fourth-order valence-corrected chi connectivity index (χ4v) is 4.26. The lowest BCUT2D eigenvalue weighted by molar-refractivity contribution is -0.141. The van der Waals surface area contributed by atoms with E-state index in [9.17, 15) is 14.7 Å². The molecule has 0 aliphatic carbocycles. The van der Waals surface area contributed by atoms with E-state index in [0.29, 0.717) is 31.9 Å². The Morgan fingerprint density at radius 3 is 2.47 bits per heavy atom. The van der Waals surface area contributed by atoms with Crippen LogP contribution in [0.5, 0.6) is 0 Å². The van der Waals surface area contributed by atoms with Gasteiger partial charge < -0.3 is 20.1 Å². The number of benzene rings is 2. The molecule has 34 heavy (non-hydrogen) atoms. The molecule has 178 valence electrons. The van der Waals surface area contributed by atoms with Crippen molar-refractivity contribution >= 4 is 28.8 Å². The molecule has 1 fully saturated rings. The zero-order valence-electron chi connectivity index (χ0n) is 19.7. The fourth-order valence-electron chi connectivity index (χ4n) is 4.26. The molecule has 0 unspecified atom stereocenters. The summed E-state index contributed by atoms with van der Waals surface area (Å²) >= 11 is 0. The molecule has 1 atom stereocenters. The number of nitrogens with zero attached hydrogens (tertiary/aromatic N) is 3. The van der Waals surface area contributed by atoms with Crippen LogP contribution in [0.4, 0.5) is 10.7 Å². The summed E-state index contributed by atoms with van der Waals surface area (Å²) < 4.78 is 5.24. The summed E-state index contributed by atoms with van der Waals surface area (Å²) in [6.07, 6.45) is 2.23. The largest absolute Gasteiger partial charge is 0.480 e. The van der Waals surface area contributed by atoms with Crippen LogP contribution in [0.2, 0.25) is 0 Å². The van der Waals surface area contributed by atoms with Crippen molar-refractivity contribution in [1.29, 1.82) is 0 Å². The van der Waals surface area contributed by atoms with Crippen molar-refractivity contribution in [2.75, 3.05) is 18.0 Å². The van der Waals surface area contributed by atoms with E-state index in [1.54, 1.807) is 27.0 Å². The van der Waals surface area contributed by atoms with Crippen LogP contribution in [-0.4, -0.2) is 51.9 Å². The summed E-state index contributed by atoms with van der Waals surface area (Å²) in [4.78, 5) is 35.3. The SMILES string of the molecule is CC(C)(C)OC(=O)N[C@H](C(=O)O)C1CCN(c2nccc(-c3ccc4ccccc4c3)n2)CC1. The van der Waals surface area contributed by atoms with Crippen LogP contribution in [0.3, 0.4) is 0 Å². The van der Waals surface area contributed by atoms with Gasteiger partial charge in [-0.3, -0.25) is 0 Å².